The zero-order valence-electron chi connectivity index (χ0n) is 11.4. The molecule has 0 aliphatic carbocycles. The molecule has 1 N–H and O–H groups in total. The Morgan fingerprint density at radius 2 is 1.85 bits per heavy atom. The van der Waals surface area contributed by atoms with Crippen molar-refractivity contribution in [3.05, 3.63) is 45.2 Å². The molecule has 0 unspecified atom stereocenters. The van der Waals surface area contributed by atoms with Crippen LogP contribution in [0.15, 0.2) is 23.2 Å². The predicted molar refractivity (Wildman–Crippen MR) is 76.8 cm³/mol. The first-order valence-corrected chi connectivity index (χ1v) is 8.27. The number of aryl methyl sites for hydroxylation is 3. The summed E-state index contributed by atoms with van der Waals surface area (Å²) < 4.78 is 40.4. The molecule has 0 saturated carbocycles. The van der Waals surface area contributed by atoms with Gasteiger partial charge in [-0.1, -0.05) is 0 Å². The Balaban J connectivity index is 2.27. The Bertz CT molecular complexity index is 716. The van der Waals surface area contributed by atoms with Crippen molar-refractivity contribution >= 4 is 21.4 Å². The summed E-state index contributed by atoms with van der Waals surface area (Å²) in [5.74, 6) is -0.433. The topological polar surface area (TPSA) is 59.1 Å². The van der Waals surface area contributed by atoms with Gasteiger partial charge in [0.05, 0.1) is 9.90 Å². The molecule has 108 valence electrons. The van der Waals surface area contributed by atoms with Gasteiger partial charge in [0.25, 0.3) is 0 Å². The van der Waals surface area contributed by atoms with E-state index in [1.807, 2.05) is 6.92 Å². The van der Waals surface area contributed by atoms with Gasteiger partial charge in [-0.15, -0.1) is 11.3 Å². The average Bonchev–Trinajstić information content (AvgIpc) is 2.71. The number of thiazole rings is 1. The van der Waals surface area contributed by atoms with Crippen molar-refractivity contribution in [2.75, 3.05) is 0 Å². The zero-order chi connectivity index (χ0) is 14.9. The van der Waals surface area contributed by atoms with Gasteiger partial charge >= 0.3 is 0 Å². The van der Waals surface area contributed by atoms with Crippen LogP contribution in [0.3, 0.4) is 0 Å². The molecular formula is C13H15FN2O2S2. The maximum Gasteiger partial charge on any atom is 0.241 e. The maximum atomic E-state index is 13.2. The maximum absolute atomic E-state index is 13.2. The largest absolute Gasteiger partial charge is 0.250 e. The fourth-order valence-electron chi connectivity index (χ4n) is 2.05. The van der Waals surface area contributed by atoms with Crippen LogP contribution in [0, 0.1) is 26.6 Å². The number of aromatic nitrogens is 1. The second-order valence-electron chi connectivity index (χ2n) is 4.54. The molecule has 1 aromatic carbocycles. The van der Waals surface area contributed by atoms with Crippen molar-refractivity contribution in [1.29, 1.82) is 0 Å². The van der Waals surface area contributed by atoms with Crippen molar-refractivity contribution in [2.24, 2.45) is 0 Å². The molecule has 4 nitrogen and oxygen atoms in total. The Labute approximate surface area is 121 Å². The highest BCUT2D eigenvalue weighted by molar-refractivity contribution is 7.89. The van der Waals surface area contributed by atoms with E-state index in [-0.39, 0.29) is 11.4 Å². The van der Waals surface area contributed by atoms with Gasteiger partial charge in [0.15, 0.2) is 0 Å². The molecule has 0 fully saturated rings. The Hall–Kier alpha value is -1.31. The smallest absolute Gasteiger partial charge is 0.241 e. The van der Waals surface area contributed by atoms with Crippen molar-refractivity contribution in [3.63, 3.8) is 0 Å². The molecule has 0 atom stereocenters. The lowest BCUT2D eigenvalue weighted by Gasteiger charge is -2.11. The minimum Gasteiger partial charge on any atom is -0.250 e. The molecule has 1 heterocycles. The minimum atomic E-state index is -3.67. The van der Waals surface area contributed by atoms with Crippen LogP contribution in [-0.4, -0.2) is 13.4 Å². The highest BCUT2D eigenvalue weighted by atomic mass is 32.2. The SMILES string of the molecule is Cc1ncc(CNS(=O)(=O)c2c(C)cc(F)cc2C)s1. The molecule has 0 saturated heterocycles. The summed E-state index contributed by atoms with van der Waals surface area (Å²) in [7, 11) is -3.67. The third-order valence-corrected chi connectivity index (χ3v) is 5.42. The molecule has 0 aliphatic heterocycles. The first-order valence-electron chi connectivity index (χ1n) is 5.97. The number of hydrogen-bond acceptors (Lipinski definition) is 4. The van der Waals surface area contributed by atoms with E-state index in [0.717, 1.165) is 9.88 Å². The first-order chi connectivity index (χ1) is 9.29. The Kier molecular flexibility index (Phi) is 4.22. The number of nitrogens with zero attached hydrogens (tertiary/aromatic N) is 1. The number of sulfonamides is 1. The molecule has 2 rings (SSSR count). The van der Waals surface area contributed by atoms with Crippen LogP contribution in [0.25, 0.3) is 0 Å². The van der Waals surface area contributed by atoms with Crippen molar-refractivity contribution in [3.8, 4) is 0 Å². The van der Waals surface area contributed by atoms with Crippen LogP contribution in [0.1, 0.15) is 21.0 Å². The summed E-state index contributed by atoms with van der Waals surface area (Å²) in [6.45, 7) is 5.21. The van der Waals surface area contributed by atoms with E-state index in [2.05, 4.69) is 9.71 Å². The normalized spacial score (nSPS) is 11.8. The molecule has 0 amide bonds. The predicted octanol–water partition coefficient (Wildman–Crippen LogP) is 2.69. The van der Waals surface area contributed by atoms with Gasteiger partial charge in [0.1, 0.15) is 5.82 Å². The third kappa shape index (κ3) is 3.23. The van der Waals surface area contributed by atoms with Gasteiger partial charge in [-0.05, 0) is 44.0 Å². The van der Waals surface area contributed by atoms with Crippen LogP contribution in [0.5, 0.6) is 0 Å². The van der Waals surface area contributed by atoms with Gasteiger partial charge < -0.3 is 0 Å². The second kappa shape index (κ2) is 5.59. The summed E-state index contributed by atoms with van der Waals surface area (Å²) in [4.78, 5) is 5.05. The summed E-state index contributed by atoms with van der Waals surface area (Å²) >= 11 is 1.44. The monoisotopic (exact) mass is 314 g/mol. The van der Waals surface area contributed by atoms with E-state index in [1.165, 1.54) is 23.5 Å². The third-order valence-electron chi connectivity index (χ3n) is 2.80. The number of hydrogen-bond donors (Lipinski definition) is 1. The quantitative estimate of drug-likeness (QED) is 0.944. The lowest BCUT2D eigenvalue weighted by molar-refractivity contribution is 0.579. The summed E-state index contributed by atoms with van der Waals surface area (Å²) in [5.41, 5.74) is 0.797. The van der Waals surface area contributed by atoms with Crippen LogP contribution in [0.4, 0.5) is 4.39 Å². The molecule has 0 aliphatic rings. The Morgan fingerprint density at radius 3 is 2.35 bits per heavy atom. The molecule has 1 aromatic heterocycles. The van der Waals surface area contributed by atoms with Gasteiger partial charge in [0, 0.05) is 17.6 Å². The number of rotatable bonds is 4. The van der Waals surface area contributed by atoms with E-state index < -0.39 is 15.8 Å². The molecule has 20 heavy (non-hydrogen) atoms. The molecule has 0 spiro atoms. The van der Waals surface area contributed by atoms with E-state index in [4.69, 9.17) is 0 Å². The summed E-state index contributed by atoms with van der Waals surface area (Å²) in [6.07, 6.45) is 1.65. The summed E-state index contributed by atoms with van der Waals surface area (Å²) in [5, 5.41) is 0.883. The molecular weight excluding hydrogens is 299 g/mol. The van der Waals surface area contributed by atoms with Gasteiger partial charge in [-0.25, -0.2) is 22.5 Å². The number of benzene rings is 1. The van der Waals surface area contributed by atoms with Gasteiger partial charge in [0.2, 0.25) is 10.0 Å². The van der Waals surface area contributed by atoms with Crippen LogP contribution in [-0.2, 0) is 16.6 Å². The molecule has 0 radical (unpaired) electrons. The fraction of sp³-hybridized carbons (Fsp3) is 0.308. The average molecular weight is 314 g/mol. The number of halogens is 1. The van der Waals surface area contributed by atoms with E-state index in [1.54, 1.807) is 20.0 Å². The van der Waals surface area contributed by atoms with E-state index in [9.17, 15) is 12.8 Å². The molecule has 7 heteroatoms. The highest BCUT2D eigenvalue weighted by Crippen LogP contribution is 2.22. The van der Waals surface area contributed by atoms with Crippen LogP contribution in [0.2, 0.25) is 0 Å². The Morgan fingerprint density at radius 1 is 1.25 bits per heavy atom. The van der Waals surface area contributed by atoms with E-state index >= 15 is 0 Å². The lowest BCUT2D eigenvalue weighted by atomic mass is 10.1. The second-order valence-corrected chi connectivity index (χ2v) is 7.56. The van der Waals surface area contributed by atoms with Crippen molar-refractivity contribution in [2.45, 2.75) is 32.2 Å². The highest BCUT2D eigenvalue weighted by Gasteiger charge is 2.20. The lowest BCUT2D eigenvalue weighted by Crippen LogP contribution is -2.24. The first kappa shape index (κ1) is 15.1. The zero-order valence-corrected chi connectivity index (χ0v) is 13.0. The number of nitrogens with one attached hydrogen (secondary N) is 1. The minimum absolute atomic E-state index is 0.139. The van der Waals surface area contributed by atoms with Crippen LogP contribution >= 0.6 is 11.3 Å². The standard InChI is InChI=1S/C13H15FN2O2S2/c1-8-4-11(14)5-9(2)13(8)20(17,18)16-7-12-6-15-10(3)19-12/h4-6,16H,7H2,1-3H3. The van der Waals surface area contributed by atoms with Crippen molar-refractivity contribution in [1.82, 2.24) is 9.71 Å². The van der Waals surface area contributed by atoms with Gasteiger partial charge in [-0.2, -0.15) is 0 Å². The van der Waals surface area contributed by atoms with Gasteiger partial charge in [-0.3, -0.25) is 0 Å². The molecule has 0 bridgehead atoms. The molecule has 2 aromatic rings. The van der Waals surface area contributed by atoms with Crippen molar-refractivity contribution < 1.29 is 12.8 Å². The van der Waals surface area contributed by atoms with Crippen LogP contribution < -0.4 is 4.72 Å². The van der Waals surface area contributed by atoms with E-state index in [0.29, 0.717) is 11.1 Å². The summed E-state index contributed by atoms with van der Waals surface area (Å²) in [6, 6.07) is 2.44. The fourth-order valence-corrected chi connectivity index (χ4v) is 4.33.